The SMILES string of the molecule is NS(=O)(=O)NCC1CC2c3ccccc3C1c1ccccc12. The molecular formula is C17H18N2O2S. The van der Waals surface area contributed by atoms with Crippen LogP contribution in [0.4, 0.5) is 0 Å². The van der Waals surface area contributed by atoms with Crippen molar-refractivity contribution in [2.24, 2.45) is 11.1 Å². The van der Waals surface area contributed by atoms with Gasteiger partial charge in [-0.1, -0.05) is 48.5 Å². The smallest absolute Gasteiger partial charge is 0.216 e. The second-order valence-electron chi connectivity index (χ2n) is 6.18. The highest BCUT2D eigenvalue weighted by atomic mass is 32.2. The van der Waals surface area contributed by atoms with Crippen LogP contribution in [0.5, 0.6) is 0 Å². The molecule has 0 fully saturated rings. The molecule has 0 spiro atoms. The van der Waals surface area contributed by atoms with E-state index in [1.807, 2.05) is 0 Å². The fraction of sp³-hybridized carbons (Fsp3) is 0.294. The van der Waals surface area contributed by atoms with E-state index in [-0.39, 0.29) is 11.8 Å². The molecule has 3 N–H and O–H groups in total. The van der Waals surface area contributed by atoms with Gasteiger partial charge in [-0.25, -0.2) is 9.86 Å². The molecule has 2 aromatic rings. The van der Waals surface area contributed by atoms with Crippen molar-refractivity contribution in [1.82, 2.24) is 4.72 Å². The summed E-state index contributed by atoms with van der Waals surface area (Å²) in [5.41, 5.74) is 5.44. The molecular weight excluding hydrogens is 296 g/mol. The first-order valence-electron chi connectivity index (χ1n) is 7.49. The van der Waals surface area contributed by atoms with Crippen molar-refractivity contribution >= 4 is 10.2 Å². The lowest BCUT2D eigenvalue weighted by Gasteiger charge is -2.45. The third kappa shape index (κ3) is 2.17. The summed E-state index contributed by atoms with van der Waals surface area (Å²) in [7, 11) is -3.65. The van der Waals surface area contributed by atoms with Gasteiger partial charge in [0.25, 0.3) is 10.2 Å². The summed E-state index contributed by atoms with van der Waals surface area (Å²) in [6.07, 6.45) is 0.960. The van der Waals surface area contributed by atoms with Gasteiger partial charge in [-0.2, -0.15) is 8.42 Å². The first-order chi connectivity index (χ1) is 10.5. The quantitative estimate of drug-likeness (QED) is 0.910. The van der Waals surface area contributed by atoms with Gasteiger partial charge in [-0.15, -0.1) is 0 Å². The van der Waals surface area contributed by atoms with E-state index >= 15 is 0 Å². The van der Waals surface area contributed by atoms with E-state index in [0.717, 1.165) is 6.42 Å². The average Bonchev–Trinajstić information content (AvgIpc) is 2.52. The standard InChI is InChI=1S/C17H18N2O2S/c18-22(20,21)19-10-11-9-16-12-5-1-3-7-14(12)17(11)15-8-4-2-6-13(15)16/h1-8,11,16-17,19H,9-10H2,(H2,18,20,21). The molecule has 1 unspecified atom stereocenters. The first kappa shape index (κ1) is 13.9. The molecule has 4 nitrogen and oxygen atoms in total. The van der Waals surface area contributed by atoms with Gasteiger partial charge in [-0.05, 0) is 34.6 Å². The topological polar surface area (TPSA) is 72.2 Å². The van der Waals surface area contributed by atoms with Crippen LogP contribution in [0.1, 0.15) is 40.5 Å². The summed E-state index contributed by atoms with van der Waals surface area (Å²) in [6, 6.07) is 17.0. The van der Waals surface area contributed by atoms with Gasteiger partial charge < -0.3 is 0 Å². The van der Waals surface area contributed by atoms with Crippen molar-refractivity contribution in [3.05, 3.63) is 70.8 Å². The average molecular weight is 314 g/mol. The van der Waals surface area contributed by atoms with Crippen molar-refractivity contribution in [1.29, 1.82) is 0 Å². The molecule has 5 rings (SSSR count). The van der Waals surface area contributed by atoms with Gasteiger partial charge in [0, 0.05) is 18.4 Å². The molecule has 3 aliphatic rings. The minimum atomic E-state index is -3.65. The second kappa shape index (κ2) is 4.91. The highest BCUT2D eigenvalue weighted by Gasteiger charge is 2.42. The van der Waals surface area contributed by atoms with Crippen LogP contribution in [0.25, 0.3) is 0 Å². The van der Waals surface area contributed by atoms with Crippen molar-refractivity contribution in [3.63, 3.8) is 0 Å². The molecule has 2 bridgehead atoms. The molecule has 5 heteroatoms. The number of nitrogens with two attached hydrogens (primary N) is 1. The third-order valence-electron chi connectivity index (χ3n) is 4.97. The van der Waals surface area contributed by atoms with E-state index in [0.29, 0.717) is 12.5 Å². The van der Waals surface area contributed by atoms with Gasteiger partial charge in [0.2, 0.25) is 0 Å². The van der Waals surface area contributed by atoms with Crippen LogP contribution in [-0.2, 0) is 10.2 Å². The fourth-order valence-electron chi connectivity index (χ4n) is 4.18. The molecule has 0 heterocycles. The van der Waals surface area contributed by atoms with Crippen LogP contribution in [0.15, 0.2) is 48.5 Å². The first-order valence-corrected chi connectivity index (χ1v) is 9.04. The molecule has 0 saturated heterocycles. The number of fused-ring (bicyclic) bond motifs is 1. The van der Waals surface area contributed by atoms with Crippen molar-refractivity contribution in [2.45, 2.75) is 18.3 Å². The van der Waals surface area contributed by atoms with Gasteiger partial charge >= 0.3 is 0 Å². The lowest BCUT2D eigenvalue weighted by molar-refractivity contribution is 0.355. The van der Waals surface area contributed by atoms with Crippen LogP contribution in [0, 0.1) is 5.92 Å². The summed E-state index contributed by atoms with van der Waals surface area (Å²) in [5, 5.41) is 5.10. The van der Waals surface area contributed by atoms with E-state index in [1.165, 1.54) is 22.3 Å². The summed E-state index contributed by atoms with van der Waals surface area (Å²) < 4.78 is 25.0. The Kier molecular flexibility index (Phi) is 3.11. The Labute approximate surface area is 130 Å². The van der Waals surface area contributed by atoms with Gasteiger partial charge in [0.15, 0.2) is 0 Å². The highest BCUT2D eigenvalue weighted by Crippen LogP contribution is 2.55. The largest absolute Gasteiger partial charge is 0.274 e. The highest BCUT2D eigenvalue weighted by molar-refractivity contribution is 7.87. The monoisotopic (exact) mass is 314 g/mol. The molecule has 0 radical (unpaired) electrons. The van der Waals surface area contributed by atoms with Crippen LogP contribution in [-0.4, -0.2) is 15.0 Å². The number of rotatable bonds is 3. The Bertz CT molecular complexity index is 785. The molecule has 1 atom stereocenters. The fourth-order valence-corrected chi connectivity index (χ4v) is 4.63. The lowest BCUT2D eigenvalue weighted by Crippen LogP contribution is -2.41. The van der Waals surface area contributed by atoms with Gasteiger partial charge in [0.1, 0.15) is 0 Å². The van der Waals surface area contributed by atoms with Crippen molar-refractivity contribution in [2.75, 3.05) is 6.54 Å². The Morgan fingerprint density at radius 2 is 1.45 bits per heavy atom. The zero-order chi connectivity index (χ0) is 15.3. The van der Waals surface area contributed by atoms with Crippen LogP contribution in [0.2, 0.25) is 0 Å². The number of hydrogen-bond acceptors (Lipinski definition) is 2. The molecule has 22 heavy (non-hydrogen) atoms. The van der Waals surface area contributed by atoms with Crippen LogP contribution >= 0.6 is 0 Å². The minimum absolute atomic E-state index is 0.242. The molecule has 0 aliphatic heterocycles. The maximum Gasteiger partial charge on any atom is 0.274 e. The molecule has 0 aromatic heterocycles. The van der Waals surface area contributed by atoms with E-state index in [2.05, 4.69) is 53.3 Å². The summed E-state index contributed by atoms with van der Waals surface area (Å²) in [4.78, 5) is 0. The lowest BCUT2D eigenvalue weighted by atomic mass is 9.59. The number of hydrogen-bond donors (Lipinski definition) is 2. The third-order valence-corrected chi connectivity index (χ3v) is 5.54. The van der Waals surface area contributed by atoms with E-state index in [4.69, 9.17) is 5.14 Å². The zero-order valence-electron chi connectivity index (χ0n) is 12.1. The maximum atomic E-state index is 11.2. The Balaban J connectivity index is 1.79. The molecule has 0 amide bonds. The number of benzene rings is 2. The maximum absolute atomic E-state index is 11.2. The number of nitrogens with one attached hydrogen (secondary N) is 1. The predicted octanol–water partition coefficient (Wildman–Crippen LogP) is 2.08. The Morgan fingerprint density at radius 3 is 1.95 bits per heavy atom. The predicted molar refractivity (Wildman–Crippen MR) is 85.8 cm³/mol. The molecule has 0 saturated carbocycles. The zero-order valence-corrected chi connectivity index (χ0v) is 12.9. The van der Waals surface area contributed by atoms with Crippen LogP contribution < -0.4 is 9.86 Å². The molecule has 3 aliphatic carbocycles. The van der Waals surface area contributed by atoms with Crippen molar-refractivity contribution < 1.29 is 8.42 Å². The Hall–Kier alpha value is -1.69. The van der Waals surface area contributed by atoms with Crippen LogP contribution in [0.3, 0.4) is 0 Å². The van der Waals surface area contributed by atoms with E-state index < -0.39 is 10.2 Å². The summed E-state index contributed by atoms with van der Waals surface area (Å²) >= 11 is 0. The molecule has 114 valence electrons. The second-order valence-corrected chi connectivity index (χ2v) is 7.56. The van der Waals surface area contributed by atoms with E-state index in [1.54, 1.807) is 0 Å². The van der Waals surface area contributed by atoms with Gasteiger partial charge in [0.05, 0.1) is 0 Å². The molecule has 2 aromatic carbocycles. The Morgan fingerprint density at radius 1 is 0.955 bits per heavy atom. The van der Waals surface area contributed by atoms with E-state index in [9.17, 15) is 8.42 Å². The van der Waals surface area contributed by atoms with Crippen molar-refractivity contribution in [3.8, 4) is 0 Å². The summed E-state index contributed by atoms with van der Waals surface area (Å²) in [6.45, 7) is 0.392. The summed E-state index contributed by atoms with van der Waals surface area (Å²) in [5.74, 6) is 0.837. The minimum Gasteiger partial charge on any atom is -0.216 e. The normalized spacial score (nSPS) is 25.6. The van der Waals surface area contributed by atoms with Gasteiger partial charge in [-0.3, -0.25) is 0 Å².